The van der Waals surface area contributed by atoms with E-state index in [2.05, 4.69) is 34.3 Å². The van der Waals surface area contributed by atoms with Crippen LogP contribution in [0.15, 0.2) is 41.9 Å². The smallest absolute Gasteiger partial charge is 0.0569 e. The van der Waals surface area contributed by atoms with Crippen molar-refractivity contribution in [2.75, 3.05) is 0 Å². The van der Waals surface area contributed by atoms with Crippen molar-refractivity contribution in [3.8, 4) is 0 Å². The zero-order valence-electron chi connectivity index (χ0n) is 11.3. The van der Waals surface area contributed by atoms with E-state index >= 15 is 0 Å². The molecule has 3 aromatic rings. The van der Waals surface area contributed by atoms with Crippen molar-refractivity contribution in [1.29, 1.82) is 0 Å². The normalized spacial score (nSPS) is 12.9. The maximum atomic E-state index is 6.15. The summed E-state index contributed by atoms with van der Waals surface area (Å²) in [7, 11) is 0. The van der Waals surface area contributed by atoms with E-state index < -0.39 is 0 Å². The number of hydrogen-bond donors (Lipinski definition) is 1. The van der Waals surface area contributed by atoms with Crippen molar-refractivity contribution in [2.24, 2.45) is 5.73 Å². The van der Waals surface area contributed by atoms with E-state index in [-0.39, 0.29) is 6.04 Å². The zero-order chi connectivity index (χ0) is 14.1. The lowest BCUT2D eigenvalue weighted by molar-refractivity contribution is 0.735. The zero-order valence-corrected chi connectivity index (χ0v) is 12.9. The Morgan fingerprint density at radius 1 is 1.35 bits per heavy atom. The van der Waals surface area contributed by atoms with Crippen LogP contribution in [0.2, 0.25) is 5.02 Å². The van der Waals surface area contributed by atoms with Crippen molar-refractivity contribution in [3.63, 3.8) is 0 Å². The van der Waals surface area contributed by atoms with Crippen LogP contribution in [0.25, 0.3) is 10.9 Å². The van der Waals surface area contributed by atoms with E-state index in [1.165, 1.54) is 21.3 Å². The van der Waals surface area contributed by atoms with Crippen molar-refractivity contribution >= 4 is 33.8 Å². The molecule has 3 rings (SSSR count). The van der Waals surface area contributed by atoms with Gasteiger partial charge in [0.15, 0.2) is 0 Å². The fraction of sp³-hybridized carbons (Fsp3) is 0.250. The van der Waals surface area contributed by atoms with E-state index in [9.17, 15) is 0 Å². The second-order valence-electron chi connectivity index (χ2n) is 5.20. The Bertz CT molecular complexity index is 713. The van der Waals surface area contributed by atoms with Crippen LogP contribution in [0.5, 0.6) is 0 Å². The number of aromatic nitrogens is 1. The van der Waals surface area contributed by atoms with Gasteiger partial charge in [-0.15, -0.1) is 11.3 Å². The fourth-order valence-electron chi connectivity index (χ4n) is 2.55. The Kier molecular flexibility index (Phi) is 3.83. The van der Waals surface area contributed by atoms with Gasteiger partial charge in [0.1, 0.15) is 0 Å². The molecular formula is C16H17ClN2S. The highest BCUT2D eigenvalue weighted by molar-refractivity contribution is 7.09. The Morgan fingerprint density at radius 2 is 2.20 bits per heavy atom. The van der Waals surface area contributed by atoms with Gasteiger partial charge in [-0.1, -0.05) is 23.7 Å². The van der Waals surface area contributed by atoms with Gasteiger partial charge in [0.2, 0.25) is 0 Å². The second kappa shape index (κ2) is 5.60. The minimum atomic E-state index is 0.159. The van der Waals surface area contributed by atoms with E-state index in [1.54, 1.807) is 11.3 Å². The molecule has 2 N–H and O–H groups in total. The first-order valence-corrected chi connectivity index (χ1v) is 7.94. The highest BCUT2D eigenvalue weighted by atomic mass is 35.5. The number of nitrogens with zero attached hydrogens (tertiary/aromatic N) is 1. The molecule has 0 bridgehead atoms. The van der Waals surface area contributed by atoms with Gasteiger partial charge in [-0.2, -0.15) is 0 Å². The summed E-state index contributed by atoms with van der Waals surface area (Å²) >= 11 is 7.93. The van der Waals surface area contributed by atoms with Gasteiger partial charge in [-0.05, 0) is 42.5 Å². The van der Waals surface area contributed by atoms with Crippen LogP contribution in [-0.4, -0.2) is 10.6 Å². The number of hydrogen-bond acceptors (Lipinski definition) is 2. The topological polar surface area (TPSA) is 30.9 Å². The number of benzene rings is 1. The number of nitrogens with two attached hydrogens (primary N) is 1. The summed E-state index contributed by atoms with van der Waals surface area (Å²) in [4.78, 5) is 1.34. The predicted octanol–water partition coefficient (Wildman–Crippen LogP) is 4.29. The monoisotopic (exact) mass is 304 g/mol. The molecule has 0 aliphatic rings. The summed E-state index contributed by atoms with van der Waals surface area (Å²) in [5.74, 6) is 0. The van der Waals surface area contributed by atoms with Crippen LogP contribution in [0.1, 0.15) is 17.4 Å². The number of halogens is 1. The highest BCUT2D eigenvalue weighted by Crippen LogP contribution is 2.27. The van der Waals surface area contributed by atoms with Crippen LogP contribution < -0.4 is 5.73 Å². The Morgan fingerprint density at radius 3 is 2.90 bits per heavy atom. The molecule has 2 aromatic heterocycles. The van der Waals surface area contributed by atoms with Crippen LogP contribution in [0.3, 0.4) is 0 Å². The molecule has 0 saturated heterocycles. The molecule has 0 radical (unpaired) electrons. The lowest BCUT2D eigenvalue weighted by Crippen LogP contribution is -2.17. The SMILES string of the molecule is CC(N)Cc1cn(Cc2cccs2)c2cc(Cl)ccc12. The minimum absolute atomic E-state index is 0.159. The molecule has 2 nitrogen and oxygen atoms in total. The standard InChI is InChI=1S/C16H17ClN2S/c1-11(18)7-12-9-19(10-14-3-2-6-20-14)16-8-13(17)4-5-15(12)16/h2-6,8-9,11H,7,10,18H2,1H3. The van der Waals surface area contributed by atoms with E-state index in [1.807, 2.05) is 19.1 Å². The molecule has 0 fully saturated rings. The molecule has 20 heavy (non-hydrogen) atoms. The van der Waals surface area contributed by atoms with E-state index in [0.717, 1.165) is 18.0 Å². The van der Waals surface area contributed by atoms with Gasteiger partial charge >= 0.3 is 0 Å². The molecule has 0 aliphatic heterocycles. The average molecular weight is 305 g/mol. The molecule has 0 saturated carbocycles. The lowest BCUT2D eigenvalue weighted by Gasteiger charge is -2.03. The van der Waals surface area contributed by atoms with Crippen molar-refractivity contribution < 1.29 is 0 Å². The molecule has 104 valence electrons. The summed E-state index contributed by atoms with van der Waals surface area (Å²) in [5.41, 5.74) is 8.43. The molecule has 1 atom stereocenters. The molecule has 0 amide bonds. The Labute approximate surface area is 127 Å². The second-order valence-corrected chi connectivity index (χ2v) is 6.67. The third kappa shape index (κ3) is 2.75. The number of fused-ring (bicyclic) bond motifs is 1. The molecule has 0 spiro atoms. The molecule has 4 heteroatoms. The summed E-state index contributed by atoms with van der Waals surface area (Å²) in [6, 6.07) is 10.5. The van der Waals surface area contributed by atoms with Gasteiger partial charge in [-0.25, -0.2) is 0 Å². The number of rotatable bonds is 4. The van der Waals surface area contributed by atoms with Gasteiger partial charge in [0.05, 0.1) is 12.1 Å². The van der Waals surface area contributed by atoms with Gasteiger partial charge in [-0.3, -0.25) is 0 Å². The van der Waals surface area contributed by atoms with Crippen LogP contribution >= 0.6 is 22.9 Å². The first-order chi connectivity index (χ1) is 9.63. The highest BCUT2D eigenvalue weighted by Gasteiger charge is 2.11. The van der Waals surface area contributed by atoms with Crippen LogP contribution in [0.4, 0.5) is 0 Å². The fourth-order valence-corrected chi connectivity index (χ4v) is 3.42. The lowest BCUT2D eigenvalue weighted by atomic mass is 10.1. The van der Waals surface area contributed by atoms with Gasteiger partial charge in [0.25, 0.3) is 0 Å². The first kappa shape index (κ1) is 13.7. The maximum absolute atomic E-state index is 6.15. The van der Waals surface area contributed by atoms with Crippen LogP contribution in [-0.2, 0) is 13.0 Å². The van der Waals surface area contributed by atoms with Crippen molar-refractivity contribution in [1.82, 2.24) is 4.57 Å². The molecule has 1 aromatic carbocycles. The summed E-state index contributed by atoms with van der Waals surface area (Å²) in [6.45, 7) is 2.92. The third-order valence-electron chi connectivity index (χ3n) is 3.38. The molecular weight excluding hydrogens is 288 g/mol. The predicted molar refractivity (Wildman–Crippen MR) is 87.7 cm³/mol. The Balaban J connectivity index is 2.08. The minimum Gasteiger partial charge on any atom is -0.342 e. The number of thiophene rings is 1. The maximum Gasteiger partial charge on any atom is 0.0569 e. The van der Waals surface area contributed by atoms with Crippen LogP contribution in [0, 0.1) is 0 Å². The summed E-state index contributed by atoms with van der Waals surface area (Å²) in [6.07, 6.45) is 3.10. The largest absolute Gasteiger partial charge is 0.342 e. The summed E-state index contributed by atoms with van der Waals surface area (Å²) in [5, 5.41) is 4.13. The quantitative estimate of drug-likeness (QED) is 0.765. The molecule has 2 heterocycles. The first-order valence-electron chi connectivity index (χ1n) is 6.68. The van der Waals surface area contributed by atoms with E-state index in [0.29, 0.717) is 0 Å². The van der Waals surface area contributed by atoms with Gasteiger partial charge in [0, 0.05) is 27.5 Å². The molecule has 0 aliphatic carbocycles. The Hall–Kier alpha value is -1.29. The molecule has 1 unspecified atom stereocenters. The van der Waals surface area contributed by atoms with E-state index in [4.69, 9.17) is 17.3 Å². The van der Waals surface area contributed by atoms with Crippen molar-refractivity contribution in [2.45, 2.75) is 25.9 Å². The van der Waals surface area contributed by atoms with Gasteiger partial charge < -0.3 is 10.3 Å². The van der Waals surface area contributed by atoms with Crippen molar-refractivity contribution in [3.05, 3.63) is 57.4 Å². The third-order valence-corrected chi connectivity index (χ3v) is 4.47. The average Bonchev–Trinajstić information content (AvgIpc) is 2.99. The summed E-state index contributed by atoms with van der Waals surface area (Å²) < 4.78 is 2.27.